The van der Waals surface area contributed by atoms with E-state index in [1.807, 2.05) is 0 Å². The summed E-state index contributed by atoms with van der Waals surface area (Å²) in [4.78, 5) is 10.6. The fourth-order valence-electron chi connectivity index (χ4n) is 1.02. The molecule has 90 valence electrons. The zero-order chi connectivity index (χ0) is 12.8. The van der Waals surface area contributed by atoms with Gasteiger partial charge in [-0.05, 0) is 6.07 Å². The predicted molar refractivity (Wildman–Crippen MR) is 61.0 cm³/mol. The molecule has 17 heavy (non-hydrogen) atoms. The van der Waals surface area contributed by atoms with Gasteiger partial charge in [0.25, 0.3) is 0 Å². The summed E-state index contributed by atoms with van der Waals surface area (Å²) in [6, 6.07) is 1.18. The van der Waals surface area contributed by atoms with Crippen molar-refractivity contribution in [2.24, 2.45) is 0 Å². The molecule has 0 unspecified atom stereocenters. The van der Waals surface area contributed by atoms with Gasteiger partial charge in [0.1, 0.15) is 5.82 Å². The number of carbonyl (C=O) groups excluding carboxylic acids is 1. The van der Waals surface area contributed by atoms with Gasteiger partial charge in [0.2, 0.25) is 0 Å². The third-order valence-corrected chi connectivity index (χ3v) is 2.58. The van der Waals surface area contributed by atoms with E-state index in [0.29, 0.717) is 18.2 Å². The Morgan fingerprint density at radius 3 is 2.53 bits per heavy atom. The molecule has 1 aromatic carbocycles. The van der Waals surface area contributed by atoms with E-state index >= 15 is 0 Å². The Kier molecular flexibility index (Phi) is 5.11. The van der Waals surface area contributed by atoms with Crippen LogP contribution in [0.5, 0.6) is 0 Å². The second-order valence-electron chi connectivity index (χ2n) is 3.14. The summed E-state index contributed by atoms with van der Waals surface area (Å²) in [6.45, 7) is 1.44. The first kappa shape index (κ1) is 13.7. The fourth-order valence-corrected chi connectivity index (χ4v) is 1.51. The van der Waals surface area contributed by atoms with Crippen LogP contribution in [0, 0.1) is 29.3 Å². The standard InChI is InChI=1S/C12H9F3OS/c1-8(16)17-5-3-2-4-9-6-11(14)12(15)7-10(9)13/h6-7H,3,5H2,1H3. The van der Waals surface area contributed by atoms with Crippen molar-refractivity contribution < 1.29 is 18.0 Å². The Labute approximate surface area is 101 Å². The Morgan fingerprint density at radius 2 is 1.88 bits per heavy atom. The maximum Gasteiger partial charge on any atom is 0.185 e. The topological polar surface area (TPSA) is 17.1 Å². The first-order valence-corrected chi connectivity index (χ1v) is 5.76. The first-order chi connectivity index (χ1) is 8.00. The third-order valence-electron chi connectivity index (χ3n) is 1.77. The van der Waals surface area contributed by atoms with Crippen LogP contribution in [0.1, 0.15) is 18.9 Å². The summed E-state index contributed by atoms with van der Waals surface area (Å²) in [5.41, 5.74) is -0.184. The van der Waals surface area contributed by atoms with E-state index in [2.05, 4.69) is 11.8 Å². The second kappa shape index (κ2) is 6.36. The van der Waals surface area contributed by atoms with Crippen molar-refractivity contribution in [1.82, 2.24) is 0 Å². The van der Waals surface area contributed by atoms with Crippen molar-refractivity contribution in [3.63, 3.8) is 0 Å². The zero-order valence-electron chi connectivity index (χ0n) is 9.02. The smallest absolute Gasteiger partial charge is 0.185 e. The van der Waals surface area contributed by atoms with Crippen LogP contribution in [-0.4, -0.2) is 10.9 Å². The van der Waals surface area contributed by atoms with Crippen molar-refractivity contribution in [1.29, 1.82) is 0 Å². The van der Waals surface area contributed by atoms with E-state index < -0.39 is 17.5 Å². The lowest BCUT2D eigenvalue weighted by molar-refractivity contribution is -0.109. The van der Waals surface area contributed by atoms with Gasteiger partial charge in [0.15, 0.2) is 16.7 Å². The molecule has 0 N–H and O–H groups in total. The number of benzene rings is 1. The van der Waals surface area contributed by atoms with E-state index in [-0.39, 0.29) is 10.7 Å². The molecule has 0 spiro atoms. The maximum absolute atomic E-state index is 13.1. The normalized spacial score (nSPS) is 9.65. The summed E-state index contributed by atoms with van der Waals surface area (Å²) in [6.07, 6.45) is 0.378. The Bertz CT molecular complexity index is 489. The summed E-state index contributed by atoms with van der Waals surface area (Å²) in [7, 11) is 0. The van der Waals surface area contributed by atoms with Crippen molar-refractivity contribution in [3.05, 3.63) is 35.1 Å². The van der Waals surface area contributed by atoms with Gasteiger partial charge < -0.3 is 0 Å². The summed E-state index contributed by atoms with van der Waals surface area (Å²) in [5, 5.41) is -0.0224. The average Bonchev–Trinajstić information content (AvgIpc) is 2.24. The highest BCUT2D eigenvalue weighted by atomic mass is 32.2. The number of carbonyl (C=O) groups is 1. The monoisotopic (exact) mass is 258 g/mol. The minimum Gasteiger partial charge on any atom is -0.288 e. The van der Waals surface area contributed by atoms with Gasteiger partial charge in [-0.2, -0.15) is 0 Å². The van der Waals surface area contributed by atoms with Crippen LogP contribution >= 0.6 is 11.8 Å². The molecule has 0 saturated heterocycles. The van der Waals surface area contributed by atoms with Crippen LogP contribution in [0.2, 0.25) is 0 Å². The van der Waals surface area contributed by atoms with Crippen LogP contribution in [0.4, 0.5) is 13.2 Å². The molecular formula is C12H9F3OS. The second-order valence-corrected chi connectivity index (χ2v) is 4.41. The van der Waals surface area contributed by atoms with Gasteiger partial charge in [0.05, 0.1) is 5.56 Å². The zero-order valence-corrected chi connectivity index (χ0v) is 9.84. The molecule has 0 heterocycles. The van der Waals surface area contributed by atoms with Gasteiger partial charge in [0, 0.05) is 25.2 Å². The molecule has 0 aromatic heterocycles. The lowest BCUT2D eigenvalue weighted by Crippen LogP contribution is -1.91. The van der Waals surface area contributed by atoms with E-state index in [1.165, 1.54) is 6.92 Å². The number of rotatable bonds is 2. The number of thioether (sulfide) groups is 1. The molecule has 1 aromatic rings. The van der Waals surface area contributed by atoms with Gasteiger partial charge in [-0.1, -0.05) is 23.6 Å². The van der Waals surface area contributed by atoms with Crippen LogP contribution < -0.4 is 0 Å². The van der Waals surface area contributed by atoms with Crippen LogP contribution in [0.15, 0.2) is 12.1 Å². The van der Waals surface area contributed by atoms with Gasteiger partial charge in [-0.25, -0.2) is 13.2 Å². The molecule has 0 bridgehead atoms. The third kappa shape index (κ3) is 4.53. The number of hydrogen-bond acceptors (Lipinski definition) is 2. The molecule has 0 atom stereocenters. The molecular weight excluding hydrogens is 249 g/mol. The largest absolute Gasteiger partial charge is 0.288 e. The molecule has 0 amide bonds. The quantitative estimate of drug-likeness (QED) is 0.460. The van der Waals surface area contributed by atoms with Crippen molar-refractivity contribution in [3.8, 4) is 11.8 Å². The summed E-state index contributed by atoms with van der Waals surface area (Å²) >= 11 is 1.11. The van der Waals surface area contributed by atoms with Gasteiger partial charge >= 0.3 is 0 Å². The first-order valence-electron chi connectivity index (χ1n) is 4.77. The Morgan fingerprint density at radius 1 is 1.24 bits per heavy atom. The molecule has 0 fully saturated rings. The highest BCUT2D eigenvalue weighted by molar-refractivity contribution is 8.13. The summed E-state index contributed by atoms with van der Waals surface area (Å²) < 4.78 is 38.5. The van der Waals surface area contributed by atoms with Crippen LogP contribution in [-0.2, 0) is 4.79 Å². The lowest BCUT2D eigenvalue weighted by atomic mass is 10.2. The van der Waals surface area contributed by atoms with Crippen LogP contribution in [0.3, 0.4) is 0 Å². The Balaban J connectivity index is 2.66. The van der Waals surface area contributed by atoms with E-state index in [0.717, 1.165) is 17.8 Å². The molecule has 0 aliphatic rings. The average molecular weight is 258 g/mol. The SMILES string of the molecule is CC(=O)SCCC#Cc1cc(F)c(F)cc1F. The Hall–Kier alpha value is -1.41. The van der Waals surface area contributed by atoms with Crippen molar-refractivity contribution >= 4 is 16.9 Å². The molecule has 5 heteroatoms. The highest BCUT2D eigenvalue weighted by Gasteiger charge is 2.07. The minimum atomic E-state index is -1.24. The highest BCUT2D eigenvalue weighted by Crippen LogP contribution is 2.12. The fraction of sp³-hybridized carbons (Fsp3) is 0.250. The van der Waals surface area contributed by atoms with E-state index in [9.17, 15) is 18.0 Å². The van der Waals surface area contributed by atoms with Crippen LogP contribution in [0.25, 0.3) is 0 Å². The van der Waals surface area contributed by atoms with Crippen molar-refractivity contribution in [2.75, 3.05) is 5.75 Å². The van der Waals surface area contributed by atoms with Gasteiger partial charge in [-0.3, -0.25) is 4.79 Å². The molecule has 0 radical (unpaired) electrons. The summed E-state index contributed by atoms with van der Waals surface area (Å²) in [5.74, 6) is 2.22. The van der Waals surface area contributed by atoms with Gasteiger partial charge in [-0.15, -0.1) is 0 Å². The maximum atomic E-state index is 13.1. The molecule has 1 nitrogen and oxygen atoms in total. The molecule has 1 rings (SSSR count). The molecule has 0 aliphatic heterocycles. The molecule has 0 aliphatic carbocycles. The van der Waals surface area contributed by atoms with E-state index in [4.69, 9.17) is 0 Å². The predicted octanol–water partition coefficient (Wildman–Crippen LogP) is 3.13. The minimum absolute atomic E-state index is 0.0224. The molecule has 0 saturated carbocycles. The number of hydrogen-bond donors (Lipinski definition) is 0. The van der Waals surface area contributed by atoms with E-state index in [1.54, 1.807) is 0 Å². The number of halogens is 3. The lowest BCUT2D eigenvalue weighted by Gasteiger charge is -1.96. The van der Waals surface area contributed by atoms with Crippen molar-refractivity contribution in [2.45, 2.75) is 13.3 Å².